The average Bonchev–Trinajstić information content (AvgIpc) is 3.65. The van der Waals surface area contributed by atoms with Crippen LogP contribution < -0.4 is 21.7 Å². The first-order valence-corrected chi connectivity index (χ1v) is 16.8. The third-order valence-electron chi connectivity index (χ3n) is 8.27. The largest absolute Gasteiger partial charge is 0.444 e. The summed E-state index contributed by atoms with van der Waals surface area (Å²) >= 11 is 0. The molecule has 3 aromatic rings. The minimum absolute atomic E-state index is 0.0326. The van der Waals surface area contributed by atoms with Gasteiger partial charge in [-0.25, -0.2) is 24.5 Å². The number of benzene rings is 1. The van der Waals surface area contributed by atoms with E-state index < -0.39 is 29.8 Å². The van der Waals surface area contributed by atoms with Crippen LogP contribution in [0.2, 0.25) is 0 Å². The molecule has 4 unspecified atom stereocenters. The molecule has 5 N–H and O–H groups in total. The third-order valence-corrected chi connectivity index (χ3v) is 8.27. The van der Waals surface area contributed by atoms with Gasteiger partial charge < -0.3 is 40.6 Å². The number of fused-ring (bicyclic) bond motifs is 2. The zero-order valence-electron chi connectivity index (χ0n) is 29.8. The molecule has 2 aliphatic heterocycles. The predicted octanol–water partition coefficient (Wildman–Crippen LogP) is 4.16. The highest BCUT2D eigenvalue weighted by molar-refractivity contribution is 5.89. The molecule has 2 aliphatic rings. The van der Waals surface area contributed by atoms with Gasteiger partial charge in [-0.15, -0.1) is 0 Å². The van der Waals surface area contributed by atoms with Gasteiger partial charge in [0.05, 0.1) is 6.33 Å². The Hall–Kier alpha value is -4.05. The van der Waals surface area contributed by atoms with Crippen molar-refractivity contribution in [1.29, 1.82) is 0 Å². The van der Waals surface area contributed by atoms with Gasteiger partial charge in [0, 0.05) is 31.9 Å². The van der Waals surface area contributed by atoms with Crippen LogP contribution in [0.1, 0.15) is 73.6 Å². The van der Waals surface area contributed by atoms with Crippen LogP contribution in [0.15, 0.2) is 36.9 Å². The van der Waals surface area contributed by atoms with E-state index in [0.29, 0.717) is 50.3 Å². The first kappa shape index (κ1) is 36.2. The number of alkyl carbamates (subject to hydrolysis) is 1. The summed E-state index contributed by atoms with van der Waals surface area (Å²) in [6.45, 7) is 18.1. The molecule has 0 aliphatic carbocycles. The summed E-state index contributed by atoms with van der Waals surface area (Å²) < 4.78 is 26.5. The standard InChI is InChI=1S/C34H51N9O6/c1-32(2,3)21-10-12-22(13-11-21)41-30(44)36-14-9-16-42(17-15-37-31(45)49-33(4,5)6)18-23-25-26(48-34(7,8)47-25)29(46-23)43-20-40-24-27(35)38-19-39-28(24)43/h10-13,19-20,23,25-26,29H,9,14-18H2,1-8H3,(H,37,45)(H2,35,38,39)(H2,36,41,44). The molecule has 0 spiro atoms. The second kappa shape index (κ2) is 14.4. The topological polar surface area (TPSA) is 180 Å². The van der Waals surface area contributed by atoms with Crippen molar-refractivity contribution >= 4 is 34.8 Å². The summed E-state index contributed by atoms with van der Waals surface area (Å²) in [6.07, 6.45) is 1.42. The molecule has 0 radical (unpaired) electrons. The molecule has 15 heteroatoms. The van der Waals surface area contributed by atoms with Crippen molar-refractivity contribution in [2.24, 2.45) is 0 Å². The van der Waals surface area contributed by atoms with Gasteiger partial charge in [-0.1, -0.05) is 32.9 Å². The van der Waals surface area contributed by atoms with E-state index in [4.69, 9.17) is 24.7 Å². The summed E-state index contributed by atoms with van der Waals surface area (Å²) in [5, 5.41) is 8.69. The van der Waals surface area contributed by atoms with Crippen LogP contribution in [0.4, 0.5) is 21.1 Å². The zero-order valence-corrected chi connectivity index (χ0v) is 29.8. The fourth-order valence-electron chi connectivity index (χ4n) is 6.00. The molecule has 2 fully saturated rings. The van der Waals surface area contributed by atoms with E-state index in [-0.39, 0.29) is 29.5 Å². The quantitative estimate of drug-likeness (QED) is 0.214. The molecule has 3 amide bonds. The Balaban J connectivity index is 1.22. The maximum Gasteiger partial charge on any atom is 0.407 e. The minimum Gasteiger partial charge on any atom is -0.444 e. The summed E-state index contributed by atoms with van der Waals surface area (Å²) in [4.78, 5) is 40.1. The fraction of sp³-hybridized carbons (Fsp3) is 0.618. The molecule has 0 saturated carbocycles. The molecule has 268 valence electrons. The van der Waals surface area contributed by atoms with Crippen molar-refractivity contribution in [3.05, 3.63) is 42.5 Å². The summed E-state index contributed by atoms with van der Waals surface area (Å²) in [6, 6.07) is 7.59. The van der Waals surface area contributed by atoms with Crippen molar-refractivity contribution in [1.82, 2.24) is 35.1 Å². The number of hydrogen-bond donors (Lipinski definition) is 4. The molecule has 2 aromatic heterocycles. The van der Waals surface area contributed by atoms with E-state index in [9.17, 15) is 9.59 Å². The highest BCUT2D eigenvalue weighted by Crippen LogP contribution is 2.44. The monoisotopic (exact) mass is 681 g/mol. The molecule has 4 heterocycles. The lowest BCUT2D eigenvalue weighted by molar-refractivity contribution is -0.198. The van der Waals surface area contributed by atoms with Gasteiger partial charge in [0.25, 0.3) is 0 Å². The molecule has 0 bridgehead atoms. The van der Waals surface area contributed by atoms with Gasteiger partial charge in [0.1, 0.15) is 35.8 Å². The number of carbonyl (C=O) groups excluding carboxylic acids is 2. The van der Waals surface area contributed by atoms with E-state index in [1.165, 1.54) is 11.9 Å². The summed E-state index contributed by atoms with van der Waals surface area (Å²) in [5.74, 6) is -0.545. The van der Waals surface area contributed by atoms with E-state index in [2.05, 4.69) is 56.6 Å². The lowest BCUT2D eigenvalue weighted by Crippen LogP contribution is -2.44. The normalized spacial score (nSPS) is 21.9. The van der Waals surface area contributed by atoms with Crippen LogP contribution in [0.3, 0.4) is 0 Å². The highest BCUT2D eigenvalue weighted by Gasteiger charge is 2.56. The maximum absolute atomic E-state index is 12.7. The number of amides is 3. The van der Waals surface area contributed by atoms with E-state index >= 15 is 0 Å². The van der Waals surface area contributed by atoms with Crippen LogP contribution in [0, 0.1) is 0 Å². The Morgan fingerprint density at radius 3 is 2.39 bits per heavy atom. The first-order valence-electron chi connectivity index (χ1n) is 16.8. The van der Waals surface area contributed by atoms with Crippen molar-refractivity contribution in [3.63, 3.8) is 0 Å². The second-order valence-electron chi connectivity index (χ2n) is 15.0. The Kier molecular flexibility index (Phi) is 10.7. The van der Waals surface area contributed by atoms with Crippen LogP contribution in [0.25, 0.3) is 11.2 Å². The number of hydrogen-bond acceptors (Lipinski definition) is 11. The van der Waals surface area contributed by atoms with Gasteiger partial charge >= 0.3 is 12.1 Å². The summed E-state index contributed by atoms with van der Waals surface area (Å²) in [7, 11) is 0. The molecule has 15 nitrogen and oxygen atoms in total. The first-order chi connectivity index (χ1) is 23.0. The lowest BCUT2D eigenvalue weighted by atomic mass is 9.87. The van der Waals surface area contributed by atoms with Crippen molar-refractivity contribution in [2.45, 2.75) is 103 Å². The number of aromatic nitrogens is 4. The van der Waals surface area contributed by atoms with Crippen LogP contribution in [-0.2, 0) is 24.4 Å². The number of ether oxygens (including phenoxy) is 4. The predicted molar refractivity (Wildman–Crippen MR) is 185 cm³/mol. The number of imidazole rings is 1. The average molecular weight is 682 g/mol. The summed E-state index contributed by atoms with van der Waals surface area (Å²) in [5.41, 5.74) is 8.42. The number of rotatable bonds is 11. The molecule has 49 heavy (non-hydrogen) atoms. The Morgan fingerprint density at radius 2 is 1.69 bits per heavy atom. The number of nitrogens with one attached hydrogen (secondary N) is 3. The van der Waals surface area contributed by atoms with Gasteiger partial charge in [-0.2, -0.15) is 0 Å². The lowest BCUT2D eigenvalue weighted by Gasteiger charge is -2.29. The number of carbonyl (C=O) groups is 2. The van der Waals surface area contributed by atoms with Crippen molar-refractivity contribution < 1.29 is 28.5 Å². The number of nitrogen functional groups attached to an aromatic ring is 1. The molecular weight excluding hydrogens is 630 g/mol. The van der Waals surface area contributed by atoms with Gasteiger partial charge in [-0.3, -0.25) is 9.47 Å². The van der Waals surface area contributed by atoms with Gasteiger partial charge in [-0.05, 0) is 70.7 Å². The second-order valence-corrected chi connectivity index (χ2v) is 15.0. The molecule has 5 rings (SSSR count). The van der Waals surface area contributed by atoms with Crippen LogP contribution in [0.5, 0.6) is 0 Å². The molecular formula is C34H51N9O6. The Labute approximate surface area is 287 Å². The molecule has 2 saturated heterocycles. The molecule has 1 aromatic carbocycles. The van der Waals surface area contributed by atoms with E-state index in [0.717, 1.165) is 5.69 Å². The van der Waals surface area contributed by atoms with Gasteiger partial charge in [0.15, 0.2) is 23.5 Å². The number of urea groups is 1. The number of anilines is 2. The Morgan fingerprint density at radius 1 is 0.980 bits per heavy atom. The SMILES string of the molecule is CC(C)(C)OC(=O)NCCN(CCCNC(=O)Nc1ccc(C(C)(C)C)cc1)CC1OC(n2cnc3c(N)ncnc32)C2OC(C)(C)OC12. The number of nitrogens with two attached hydrogens (primary N) is 1. The van der Waals surface area contributed by atoms with Gasteiger partial charge in [0.2, 0.25) is 0 Å². The van der Waals surface area contributed by atoms with E-state index in [1.807, 2.05) is 63.5 Å². The van der Waals surface area contributed by atoms with Crippen LogP contribution in [-0.4, -0.2) is 99.0 Å². The van der Waals surface area contributed by atoms with E-state index in [1.54, 1.807) is 6.33 Å². The van der Waals surface area contributed by atoms with Crippen molar-refractivity contribution in [3.8, 4) is 0 Å². The highest BCUT2D eigenvalue weighted by atomic mass is 16.8. The molecule has 4 atom stereocenters. The van der Waals surface area contributed by atoms with Crippen molar-refractivity contribution in [2.75, 3.05) is 43.8 Å². The minimum atomic E-state index is -0.826. The fourth-order valence-corrected chi connectivity index (χ4v) is 6.00. The number of nitrogens with zero attached hydrogens (tertiary/aromatic N) is 5. The Bertz CT molecular complexity index is 1600. The third kappa shape index (κ3) is 9.35. The maximum atomic E-state index is 12.7. The zero-order chi connectivity index (χ0) is 35.6. The smallest absolute Gasteiger partial charge is 0.407 e. The van der Waals surface area contributed by atoms with Crippen LogP contribution >= 0.6 is 0 Å².